The first-order valence-corrected chi connectivity index (χ1v) is 10.9. The summed E-state index contributed by atoms with van der Waals surface area (Å²) in [4.78, 5) is 38.3. The molecule has 0 spiro atoms. The van der Waals surface area contributed by atoms with Gasteiger partial charge in [0.15, 0.2) is 5.58 Å². The summed E-state index contributed by atoms with van der Waals surface area (Å²) in [5.74, 6) is 0.142. The smallest absolute Gasteiger partial charge is 0.407 e. The molecule has 3 rings (SSSR count). The Labute approximate surface area is 200 Å². The Morgan fingerprint density at radius 1 is 1.14 bits per heavy atom. The molecule has 1 aromatic carbocycles. The van der Waals surface area contributed by atoms with Crippen LogP contribution in [0.1, 0.15) is 20.8 Å². The summed E-state index contributed by atoms with van der Waals surface area (Å²) < 4.78 is 22.8. The zero-order chi connectivity index (χ0) is 25.4. The summed E-state index contributed by atoms with van der Waals surface area (Å²) >= 11 is 0. The fraction of sp³-hybridized carbons (Fsp3) is 0.455. The van der Waals surface area contributed by atoms with Gasteiger partial charge in [-0.15, -0.1) is 0 Å². The van der Waals surface area contributed by atoms with Crippen LogP contribution in [-0.4, -0.2) is 64.4 Å². The minimum Gasteiger partial charge on any atom is -0.444 e. The summed E-state index contributed by atoms with van der Waals surface area (Å²) in [5.41, 5.74) is 0.0163. The van der Waals surface area contributed by atoms with Crippen molar-refractivity contribution in [3.63, 3.8) is 0 Å². The van der Waals surface area contributed by atoms with Crippen molar-refractivity contribution in [2.24, 2.45) is 0 Å². The molecule has 35 heavy (non-hydrogen) atoms. The summed E-state index contributed by atoms with van der Waals surface area (Å²) in [6, 6.07) is 6.90. The van der Waals surface area contributed by atoms with E-state index in [0.29, 0.717) is 43.2 Å². The van der Waals surface area contributed by atoms with Crippen molar-refractivity contribution in [1.29, 1.82) is 0 Å². The normalized spacial score (nSPS) is 11.5. The maximum Gasteiger partial charge on any atom is 0.407 e. The van der Waals surface area contributed by atoms with Gasteiger partial charge >= 0.3 is 6.09 Å². The molecule has 0 aliphatic carbocycles. The number of hydrogen-bond donors (Lipinski definition) is 1. The molecule has 0 unspecified atom stereocenters. The number of carbonyl (C=O) groups is 1. The third kappa shape index (κ3) is 7.86. The molecule has 0 aliphatic rings. The number of nitrogens with one attached hydrogen (secondary N) is 1. The van der Waals surface area contributed by atoms with E-state index in [4.69, 9.17) is 18.6 Å². The highest BCUT2D eigenvalue weighted by Crippen LogP contribution is 2.25. The molecule has 1 N–H and O–H groups in total. The second-order valence-electron chi connectivity index (χ2n) is 8.36. The minimum atomic E-state index is -0.555. The second kappa shape index (κ2) is 11.5. The fourth-order valence-corrected chi connectivity index (χ4v) is 2.87. The van der Waals surface area contributed by atoms with E-state index in [-0.39, 0.29) is 30.3 Å². The van der Waals surface area contributed by atoms with Crippen molar-refractivity contribution in [2.45, 2.75) is 32.9 Å². The number of non-ortho nitro benzene ring substituents is 1. The summed E-state index contributed by atoms with van der Waals surface area (Å²) in [5, 5.41) is 17.8. The number of oxazole rings is 1. The van der Waals surface area contributed by atoms with Crippen molar-refractivity contribution >= 4 is 22.9 Å². The summed E-state index contributed by atoms with van der Waals surface area (Å²) in [6.45, 7) is 6.99. The van der Waals surface area contributed by atoms with Gasteiger partial charge in [-0.1, -0.05) is 0 Å². The Morgan fingerprint density at radius 2 is 1.89 bits per heavy atom. The maximum atomic E-state index is 12.1. The van der Waals surface area contributed by atoms with Crippen LogP contribution in [0, 0.1) is 10.1 Å². The maximum absolute atomic E-state index is 12.1. The Bertz CT molecular complexity index is 1230. The van der Waals surface area contributed by atoms with E-state index in [2.05, 4.69) is 15.4 Å². The molecule has 13 heteroatoms. The highest BCUT2D eigenvalue weighted by Gasteiger charge is 2.16. The summed E-state index contributed by atoms with van der Waals surface area (Å²) in [7, 11) is 0. The first-order chi connectivity index (χ1) is 16.6. The Hall–Kier alpha value is -3.84. The monoisotopic (exact) mass is 489 g/mol. The van der Waals surface area contributed by atoms with Crippen molar-refractivity contribution < 1.29 is 28.3 Å². The van der Waals surface area contributed by atoms with Crippen LogP contribution in [-0.2, 0) is 20.8 Å². The largest absolute Gasteiger partial charge is 0.444 e. The molecule has 0 radical (unpaired) electrons. The minimum absolute atomic E-state index is 0.101. The SMILES string of the molecule is CC(C)(C)OC(=O)NCCOCCOCCn1nc(-c2nc3cc([N+](=O)[O-])ccc3o2)ccc1=O. The van der Waals surface area contributed by atoms with Crippen LogP contribution in [0.2, 0.25) is 0 Å². The average molecular weight is 489 g/mol. The molecule has 0 fully saturated rings. The van der Waals surface area contributed by atoms with E-state index in [1.165, 1.54) is 35.0 Å². The molecule has 188 valence electrons. The lowest BCUT2D eigenvalue weighted by Crippen LogP contribution is -2.34. The van der Waals surface area contributed by atoms with Gasteiger partial charge in [0, 0.05) is 24.7 Å². The molecule has 0 saturated heterocycles. The molecule has 2 aromatic heterocycles. The highest BCUT2D eigenvalue weighted by molar-refractivity contribution is 5.78. The fourth-order valence-electron chi connectivity index (χ4n) is 2.87. The number of nitro groups is 1. The van der Waals surface area contributed by atoms with E-state index in [1.807, 2.05) is 0 Å². The molecule has 3 aromatic rings. The third-order valence-electron chi connectivity index (χ3n) is 4.40. The van der Waals surface area contributed by atoms with Crippen molar-refractivity contribution in [2.75, 3.05) is 33.0 Å². The molecule has 0 bridgehead atoms. The standard InChI is InChI=1S/C22H27N5O8/c1-22(2,3)35-21(29)23-8-10-32-12-13-33-11-9-26-19(28)7-5-16(25-26)20-24-17-14-15(27(30)31)4-6-18(17)34-20/h4-7,14H,8-13H2,1-3H3,(H,23,29). The van der Waals surface area contributed by atoms with E-state index >= 15 is 0 Å². The predicted molar refractivity (Wildman–Crippen MR) is 124 cm³/mol. The number of carbonyl (C=O) groups excluding carboxylic acids is 1. The zero-order valence-corrected chi connectivity index (χ0v) is 19.7. The first kappa shape index (κ1) is 25.8. The van der Waals surface area contributed by atoms with Gasteiger partial charge < -0.3 is 23.9 Å². The van der Waals surface area contributed by atoms with Gasteiger partial charge in [0.25, 0.3) is 11.2 Å². The average Bonchev–Trinajstić information content (AvgIpc) is 3.21. The van der Waals surface area contributed by atoms with Crippen LogP contribution in [0.25, 0.3) is 22.7 Å². The summed E-state index contributed by atoms with van der Waals surface area (Å²) in [6.07, 6.45) is -0.503. The second-order valence-corrected chi connectivity index (χ2v) is 8.36. The van der Waals surface area contributed by atoms with Gasteiger partial charge in [-0.05, 0) is 32.9 Å². The predicted octanol–water partition coefficient (Wildman–Crippen LogP) is 2.52. The Balaban J connectivity index is 1.42. The van der Waals surface area contributed by atoms with Crippen molar-refractivity contribution in [1.82, 2.24) is 20.1 Å². The lowest BCUT2D eigenvalue weighted by molar-refractivity contribution is -0.384. The lowest BCUT2D eigenvalue weighted by Gasteiger charge is -2.19. The number of benzene rings is 1. The number of nitrogens with zero attached hydrogens (tertiary/aromatic N) is 4. The van der Waals surface area contributed by atoms with E-state index in [1.54, 1.807) is 20.8 Å². The number of fused-ring (bicyclic) bond motifs is 1. The van der Waals surface area contributed by atoms with Crippen molar-refractivity contribution in [3.8, 4) is 11.6 Å². The number of nitro benzene ring substituents is 1. The van der Waals surface area contributed by atoms with Crippen LogP contribution in [0.4, 0.5) is 10.5 Å². The van der Waals surface area contributed by atoms with E-state index in [9.17, 15) is 19.7 Å². The highest BCUT2D eigenvalue weighted by atomic mass is 16.6. The Morgan fingerprint density at radius 3 is 2.60 bits per heavy atom. The third-order valence-corrected chi connectivity index (χ3v) is 4.40. The molecule has 2 heterocycles. The Kier molecular flexibility index (Phi) is 8.49. The quantitative estimate of drug-likeness (QED) is 0.241. The number of amides is 1. The molecule has 0 atom stereocenters. The number of hydrogen-bond acceptors (Lipinski definition) is 10. The van der Waals surface area contributed by atoms with Crippen LogP contribution in [0.3, 0.4) is 0 Å². The van der Waals surface area contributed by atoms with E-state index < -0.39 is 16.6 Å². The molecular formula is C22H27N5O8. The van der Waals surface area contributed by atoms with Gasteiger partial charge in [0.1, 0.15) is 16.8 Å². The number of alkyl carbamates (subject to hydrolysis) is 1. The van der Waals surface area contributed by atoms with Gasteiger partial charge in [-0.2, -0.15) is 5.10 Å². The van der Waals surface area contributed by atoms with Crippen LogP contribution >= 0.6 is 0 Å². The van der Waals surface area contributed by atoms with Crippen LogP contribution in [0.15, 0.2) is 39.5 Å². The van der Waals surface area contributed by atoms with Crippen LogP contribution in [0.5, 0.6) is 0 Å². The number of ether oxygens (including phenoxy) is 3. The molecule has 0 aliphatic heterocycles. The molecule has 1 amide bonds. The van der Waals surface area contributed by atoms with Crippen LogP contribution < -0.4 is 10.9 Å². The lowest BCUT2D eigenvalue weighted by atomic mass is 10.2. The number of aromatic nitrogens is 3. The first-order valence-electron chi connectivity index (χ1n) is 10.9. The topological polar surface area (TPSA) is 161 Å². The van der Waals surface area contributed by atoms with Crippen molar-refractivity contribution in [3.05, 3.63) is 50.8 Å². The number of rotatable bonds is 11. The van der Waals surface area contributed by atoms with Gasteiger partial charge in [-0.25, -0.2) is 14.5 Å². The molecule has 0 saturated carbocycles. The zero-order valence-electron chi connectivity index (χ0n) is 19.7. The van der Waals surface area contributed by atoms with Gasteiger partial charge in [0.05, 0.1) is 37.9 Å². The molecule has 13 nitrogen and oxygen atoms in total. The van der Waals surface area contributed by atoms with E-state index in [0.717, 1.165) is 0 Å². The molecular weight excluding hydrogens is 462 g/mol. The van der Waals surface area contributed by atoms with Gasteiger partial charge in [0.2, 0.25) is 5.89 Å². The van der Waals surface area contributed by atoms with Gasteiger partial charge in [-0.3, -0.25) is 14.9 Å².